The van der Waals surface area contributed by atoms with Crippen LogP contribution in [0.1, 0.15) is 52.4 Å². The molecule has 0 spiro atoms. The number of aliphatic hydroxyl groups excluding tert-OH is 1. The summed E-state index contributed by atoms with van der Waals surface area (Å²) in [4.78, 5) is 12.0. The molecule has 1 saturated carbocycles. The minimum Gasteiger partial charge on any atom is -0.394 e. The monoisotopic (exact) mass is 263 g/mol. The number of hydrogen-bond donors (Lipinski definition) is 2. The number of aliphatic hydroxyl groups is 1. The van der Waals surface area contributed by atoms with Gasteiger partial charge in [0, 0.05) is 18.8 Å². The van der Waals surface area contributed by atoms with Gasteiger partial charge in [-0.1, -0.05) is 13.8 Å². The average Bonchev–Trinajstić information content (AvgIpc) is 2.36. The van der Waals surface area contributed by atoms with E-state index in [4.69, 9.17) is 0 Å². The van der Waals surface area contributed by atoms with E-state index in [0.29, 0.717) is 12.8 Å². The summed E-state index contributed by atoms with van der Waals surface area (Å²) in [5, 5.41) is 12.2. The number of rotatable bonds is 5. The largest absolute Gasteiger partial charge is 0.394 e. The van der Waals surface area contributed by atoms with Gasteiger partial charge in [0.2, 0.25) is 11.8 Å². The van der Waals surface area contributed by atoms with Crippen molar-refractivity contribution in [1.29, 1.82) is 0 Å². The van der Waals surface area contributed by atoms with Crippen LogP contribution in [0.25, 0.3) is 0 Å². The Morgan fingerprint density at radius 2 is 1.83 bits per heavy atom. The van der Waals surface area contributed by atoms with Gasteiger partial charge in [-0.05, 0) is 25.7 Å². The Morgan fingerprint density at radius 3 is 2.22 bits per heavy atom. The van der Waals surface area contributed by atoms with Crippen LogP contribution in [0.5, 0.6) is 0 Å². The van der Waals surface area contributed by atoms with Crippen LogP contribution in [0.4, 0.5) is 8.78 Å². The fourth-order valence-corrected chi connectivity index (χ4v) is 2.36. The zero-order valence-electron chi connectivity index (χ0n) is 11.1. The number of alkyl halides is 2. The molecule has 106 valence electrons. The van der Waals surface area contributed by atoms with Crippen molar-refractivity contribution in [1.82, 2.24) is 5.32 Å². The Kier molecular flexibility index (Phi) is 5.08. The van der Waals surface area contributed by atoms with Gasteiger partial charge in [-0.2, -0.15) is 0 Å². The number of halogens is 2. The third-order valence-electron chi connectivity index (χ3n) is 4.13. The second kappa shape index (κ2) is 5.95. The lowest BCUT2D eigenvalue weighted by atomic mass is 9.85. The molecule has 18 heavy (non-hydrogen) atoms. The molecule has 0 bridgehead atoms. The summed E-state index contributed by atoms with van der Waals surface area (Å²) >= 11 is 0. The van der Waals surface area contributed by atoms with Crippen molar-refractivity contribution in [3.8, 4) is 0 Å². The van der Waals surface area contributed by atoms with Crippen LogP contribution in [0, 0.1) is 5.92 Å². The summed E-state index contributed by atoms with van der Waals surface area (Å²) in [6, 6.07) is 0. The summed E-state index contributed by atoms with van der Waals surface area (Å²) in [5.74, 6) is -3.14. The van der Waals surface area contributed by atoms with Gasteiger partial charge in [0.25, 0.3) is 0 Å². The van der Waals surface area contributed by atoms with Gasteiger partial charge < -0.3 is 10.4 Å². The average molecular weight is 263 g/mol. The van der Waals surface area contributed by atoms with E-state index in [2.05, 4.69) is 5.32 Å². The third kappa shape index (κ3) is 3.64. The van der Waals surface area contributed by atoms with Crippen molar-refractivity contribution in [2.24, 2.45) is 5.92 Å². The van der Waals surface area contributed by atoms with Crippen LogP contribution in [0.2, 0.25) is 0 Å². The maximum absolute atomic E-state index is 13.0. The Balaban J connectivity index is 2.56. The van der Waals surface area contributed by atoms with Crippen LogP contribution < -0.4 is 5.32 Å². The van der Waals surface area contributed by atoms with Gasteiger partial charge in [-0.25, -0.2) is 8.78 Å². The smallest absolute Gasteiger partial charge is 0.248 e. The second-order valence-electron chi connectivity index (χ2n) is 5.27. The zero-order valence-corrected chi connectivity index (χ0v) is 11.1. The van der Waals surface area contributed by atoms with Crippen molar-refractivity contribution in [2.75, 3.05) is 6.61 Å². The van der Waals surface area contributed by atoms with E-state index in [-0.39, 0.29) is 44.1 Å². The lowest BCUT2D eigenvalue weighted by Crippen LogP contribution is -2.52. The molecule has 0 aliphatic heterocycles. The maximum Gasteiger partial charge on any atom is 0.248 e. The highest BCUT2D eigenvalue weighted by Crippen LogP contribution is 2.36. The van der Waals surface area contributed by atoms with Gasteiger partial charge in [0.05, 0.1) is 12.1 Å². The number of hydrogen-bond acceptors (Lipinski definition) is 2. The van der Waals surface area contributed by atoms with E-state index < -0.39 is 11.5 Å². The molecule has 0 aromatic rings. The van der Waals surface area contributed by atoms with Crippen LogP contribution >= 0.6 is 0 Å². The number of carbonyl (C=O) groups excluding carboxylic acids is 1. The summed E-state index contributed by atoms with van der Waals surface area (Å²) in [5.41, 5.74) is -0.600. The predicted octanol–water partition coefficient (Wildman–Crippen LogP) is 2.48. The minimum atomic E-state index is -2.61. The highest BCUT2D eigenvalue weighted by molar-refractivity contribution is 5.79. The van der Waals surface area contributed by atoms with Gasteiger partial charge in [0.15, 0.2) is 0 Å². The zero-order chi connectivity index (χ0) is 13.8. The number of nitrogens with one attached hydrogen (secondary N) is 1. The van der Waals surface area contributed by atoms with Crippen molar-refractivity contribution in [3.05, 3.63) is 0 Å². The summed E-state index contributed by atoms with van der Waals surface area (Å²) in [7, 11) is 0. The molecule has 1 rings (SSSR count). The molecule has 1 amide bonds. The number of carbonyl (C=O) groups is 1. The van der Waals surface area contributed by atoms with E-state index in [1.54, 1.807) is 0 Å². The Bertz CT molecular complexity index is 272. The van der Waals surface area contributed by atoms with E-state index in [1.165, 1.54) is 0 Å². The third-order valence-corrected chi connectivity index (χ3v) is 4.13. The first-order valence-electron chi connectivity index (χ1n) is 6.69. The van der Waals surface area contributed by atoms with E-state index >= 15 is 0 Å². The topological polar surface area (TPSA) is 49.3 Å². The molecule has 1 aliphatic rings. The van der Waals surface area contributed by atoms with Crippen molar-refractivity contribution < 1.29 is 18.7 Å². The van der Waals surface area contributed by atoms with Crippen molar-refractivity contribution in [2.45, 2.75) is 63.8 Å². The quantitative estimate of drug-likeness (QED) is 0.800. The fourth-order valence-electron chi connectivity index (χ4n) is 2.36. The standard InChI is InChI=1S/C13H23F2NO2/c1-3-12(4-2,9-17)16-11(18)10-5-7-13(14,15)8-6-10/h10,17H,3-9H2,1-2H3,(H,16,18). The van der Waals surface area contributed by atoms with Crippen LogP contribution in [0.15, 0.2) is 0 Å². The van der Waals surface area contributed by atoms with Gasteiger partial charge in [-0.3, -0.25) is 4.79 Å². The highest BCUT2D eigenvalue weighted by atomic mass is 19.3. The molecule has 3 nitrogen and oxygen atoms in total. The first-order chi connectivity index (χ1) is 8.38. The molecule has 1 fully saturated rings. The van der Waals surface area contributed by atoms with E-state index in [0.717, 1.165) is 0 Å². The molecule has 5 heteroatoms. The molecule has 0 unspecified atom stereocenters. The molecule has 0 aromatic heterocycles. The predicted molar refractivity (Wildman–Crippen MR) is 65.4 cm³/mol. The van der Waals surface area contributed by atoms with Crippen LogP contribution in [-0.2, 0) is 4.79 Å². The normalized spacial score (nSPS) is 20.7. The van der Waals surface area contributed by atoms with Crippen LogP contribution in [-0.4, -0.2) is 29.1 Å². The van der Waals surface area contributed by atoms with Crippen molar-refractivity contribution in [3.63, 3.8) is 0 Å². The first-order valence-corrected chi connectivity index (χ1v) is 6.69. The van der Waals surface area contributed by atoms with E-state index in [9.17, 15) is 18.7 Å². The summed E-state index contributed by atoms with van der Waals surface area (Å²) in [6.07, 6.45) is 1.30. The molecule has 2 N–H and O–H groups in total. The van der Waals surface area contributed by atoms with Crippen molar-refractivity contribution >= 4 is 5.91 Å². The maximum atomic E-state index is 13.0. The second-order valence-corrected chi connectivity index (χ2v) is 5.27. The first kappa shape index (κ1) is 15.3. The molecular weight excluding hydrogens is 240 g/mol. The molecule has 1 aliphatic carbocycles. The Morgan fingerprint density at radius 1 is 1.33 bits per heavy atom. The lowest BCUT2D eigenvalue weighted by Gasteiger charge is -2.34. The fraction of sp³-hybridized carbons (Fsp3) is 0.923. The molecule has 0 saturated heterocycles. The molecule has 0 heterocycles. The highest BCUT2D eigenvalue weighted by Gasteiger charge is 2.39. The summed E-state index contributed by atoms with van der Waals surface area (Å²) in [6.45, 7) is 3.68. The number of amides is 1. The van der Waals surface area contributed by atoms with Crippen LogP contribution in [0.3, 0.4) is 0 Å². The molecule has 0 aromatic carbocycles. The molecule has 0 radical (unpaired) electrons. The summed E-state index contributed by atoms with van der Waals surface area (Å²) < 4.78 is 26.0. The minimum absolute atomic E-state index is 0.116. The van der Waals surface area contributed by atoms with Gasteiger partial charge in [0.1, 0.15) is 0 Å². The lowest BCUT2D eigenvalue weighted by molar-refractivity contribution is -0.131. The van der Waals surface area contributed by atoms with Gasteiger partial charge in [-0.15, -0.1) is 0 Å². The Labute approximate surface area is 107 Å². The Hall–Kier alpha value is -0.710. The SMILES string of the molecule is CCC(CC)(CO)NC(=O)C1CCC(F)(F)CC1. The molecule has 0 atom stereocenters. The van der Waals surface area contributed by atoms with Gasteiger partial charge >= 0.3 is 0 Å². The van der Waals surface area contributed by atoms with E-state index in [1.807, 2.05) is 13.8 Å². The molecular formula is C13H23F2NO2.